The topological polar surface area (TPSA) is 35.2 Å². The molecule has 0 amide bonds. The van der Waals surface area contributed by atoms with Crippen LogP contribution in [0.1, 0.15) is 15.3 Å². The van der Waals surface area contributed by atoms with Crippen LogP contribution in [0.2, 0.25) is 5.02 Å². The molecule has 0 bridgehead atoms. The van der Waals surface area contributed by atoms with E-state index in [1.165, 1.54) is 17.0 Å². The van der Waals surface area contributed by atoms with Crippen LogP contribution in [-0.2, 0) is 13.2 Å². The van der Waals surface area contributed by atoms with Crippen molar-refractivity contribution in [3.05, 3.63) is 50.4 Å². The molecule has 5 heteroatoms. The summed E-state index contributed by atoms with van der Waals surface area (Å²) in [5.74, 6) is -0.00403. The molecule has 1 aromatic carbocycles. The van der Waals surface area contributed by atoms with Gasteiger partial charge in [-0.2, -0.15) is 0 Å². The Morgan fingerprint density at radius 3 is 2.78 bits per heavy atom. The second-order valence-corrected chi connectivity index (χ2v) is 5.61. The first-order valence-corrected chi connectivity index (χ1v) is 6.65. The highest BCUT2D eigenvalue weighted by Gasteiger charge is 2.06. The van der Waals surface area contributed by atoms with E-state index in [1.54, 1.807) is 17.4 Å². The molecule has 0 fully saturated rings. The molecule has 2 N–H and O–H groups in total. The van der Waals surface area contributed by atoms with Crippen LogP contribution in [0.3, 0.4) is 0 Å². The third kappa shape index (κ3) is 3.02. The SMILES string of the molecule is Cc1sc(CN)cc1COc1ccc(Cl)c(F)c1. The van der Waals surface area contributed by atoms with Gasteiger partial charge in [0.2, 0.25) is 0 Å². The van der Waals surface area contributed by atoms with E-state index in [2.05, 4.69) is 0 Å². The summed E-state index contributed by atoms with van der Waals surface area (Å²) in [7, 11) is 0. The number of halogens is 2. The van der Waals surface area contributed by atoms with Gasteiger partial charge in [-0.3, -0.25) is 0 Å². The Morgan fingerprint density at radius 1 is 1.39 bits per heavy atom. The minimum atomic E-state index is -0.473. The maximum Gasteiger partial charge on any atom is 0.145 e. The van der Waals surface area contributed by atoms with Gasteiger partial charge < -0.3 is 10.5 Å². The van der Waals surface area contributed by atoms with E-state index in [1.807, 2.05) is 13.0 Å². The monoisotopic (exact) mass is 285 g/mol. The standard InChI is InChI=1S/C13H13ClFNOS/c1-8-9(4-11(6-16)18-8)7-17-10-2-3-12(14)13(15)5-10/h2-5H,6-7,16H2,1H3. The van der Waals surface area contributed by atoms with Crippen LogP contribution >= 0.6 is 22.9 Å². The smallest absolute Gasteiger partial charge is 0.145 e. The van der Waals surface area contributed by atoms with Crippen molar-refractivity contribution in [2.24, 2.45) is 5.73 Å². The number of ether oxygens (including phenoxy) is 1. The van der Waals surface area contributed by atoms with Gasteiger partial charge in [0.1, 0.15) is 18.2 Å². The molecule has 2 nitrogen and oxygen atoms in total. The number of benzene rings is 1. The molecular weight excluding hydrogens is 273 g/mol. The highest BCUT2D eigenvalue weighted by Crippen LogP contribution is 2.24. The van der Waals surface area contributed by atoms with E-state index >= 15 is 0 Å². The van der Waals surface area contributed by atoms with E-state index in [-0.39, 0.29) is 5.02 Å². The largest absolute Gasteiger partial charge is 0.489 e. The molecule has 0 spiro atoms. The van der Waals surface area contributed by atoms with Gasteiger partial charge in [0.05, 0.1) is 5.02 Å². The van der Waals surface area contributed by atoms with E-state index in [0.29, 0.717) is 18.9 Å². The number of hydrogen-bond acceptors (Lipinski definition) is 3. The zero-order valence-corrected chi connectivity index (χ0v) is 11.4. The Bertz CT molecular complexity index is 556. The van der Waals surface area contributed by atoms with E-state index in [0.717, 1.165) is 10.4 Å². The van der Waals surface area contributed by atoms with Crippen LogP contribution < -0.4 is 10.5 Å². The molecule has 0 radical (unpaired) electrons. The minimum absolute atomic E-state index is 0.0967. The maximum atomic E-state index is 13.2. The third-order valence-corrected chi connectivity index (χ3v) is 3.98. The van der Waals surface area contributed by atoms with Gasteiger partial charge in [-0.05, 0) is 25.1 Å². The Morgan fingerprint density at radius 2 is 2.17 bits per heavy atom. The lowest BCUT2D eigenvalue weighted by Gasteiger charge is -2.06. The Hall–Kier alpha value is -1.10. The van der Waals surface area contributed by atoms with Crippen molar-refractivity contribution in [2.75, 3.05) is 0 Å². The average Bonchev–Trinajstić information content (AvgIpc) is 2.72. The highest BCUT2D eigenvalue weighted by molar-refractivity contribution is 7.12. The molecular formula is C13H13ClFNOS. The molecule has 0 unspecified atom stereocenters. The molecule has 96 valence electrons. The van der Waals surface area contributed by atoms with Gasteiger partial charge in [0.25, 0.3) is 0 Å². The van der Waals surface area contributed by atoms with Gasteiger partial charge in [-0.15, -0.1) is 11.3 Å². The van der Waals surface area contributed by atoms with Crippen molar-refractivity contribution in [1.29, 1.82) is 0 Å². The molecule has 18 heavy (non-hydrogen) atoms. The van der Waals surface area contributed by atoms with Crippen molar-refractivity contribution in [2.45, 2.75) is 20.1 Å². The fourth-order valence-corrected chi connectivity index (χ4v) is 2.60. The Kier molecular flexibility index (Phi) is 4.22. The summed E-state index contributed by atoms with van der Waals surface area (Å²) >= 11 is 7.26. The van der Waals surface area contributed by atoms with Crippen molar-refractivity contribution in [3.63, 3.8) is 0 Å². The van der Waals surface area contributed by atoms with Crippen molar-refractivity contribution >= 4 is 22.9 Å². The molecule has 2 rings (SSSR count). The third-order valence-electron chi connectivity index (χ3n) is 2.56. The van der Waals surface area contributed by atoms with Crippen LogP contribution in [0.4, 0.5) is 4.39 Å². The first kappa shape index (κ1) is 13.3. The van der Waals surface area contributed by atoms with E-state index in [9.17, 15) is 4.39 Å². The molecule has 0 aliphatic carbocycles. The van der Waals surface area contributed by atoms with Crippen molar-refractivity contribution in [3.8, 4) is 5.75 Å². The summed E-state index contributed by atoms with van der Waals surface area (Å²) in [6.45, 7) is 2.95. The fraction of sp³-hybridized carbons (Fsp3) is 0.231. The second kappa shape index (κ2) is 5.69. The Balaban J connectivity index is 2.06. The minimum Gasteiger partial charge on any atom is -0.489 e. The first-order valence-electron chi connectivity index (χ1n) is 5.46. The van der Waals surface area contributed by atoms with Crippen LogP contribution in [-0.4, -0.2) is 0 Å². The first-order chi connectivity index (χ1) is 8.60. The quantitative estimate of drug-likeness (QED) is 0.925. The molecule has 1 aromatic heterocycles. The number of rotatable bonds is 4. The van der Waals surface area contributed by atoms with Gasteiger partial charge in [-0.25, -0.2) is 4.39 Å². The summed E-state index contributed by atoms with van der Waals surface area (Å²) < 4.78 is 18.8. The van der Waals surface area contributed by atoms with Crippen LogP contribution in [0.25, 0.3) is 0 Å². The lowest BCUT2D eigenvalue weighted by atomic mass is 10.2. The summed E-state index contributed by atoms with van der Waals surface area (Å²) in [6, 6.07) is 6.44. The molecule has 2 aromatic rings. The van der Waals surface area contributed by atoms with Crippen LogP contribution in [0.15, 0.2) is 24.3 Å². The Labute approximate surface area is 114 Å². The highest BCUT2D eigenvalue weighted by atomic mass is 35.5. The molecule has 0 aliphatic heterocycles. The second-order valence-electron chi connectivity index (χ2n) is 3.86. The molecule has 0 aliphatic rings. The number of hydrogen-bond donors (Lipinski definition) is 1. The normalized spacial score (nSPS) is 10.7. The lowest BCUT2D eigenvalue weighted by molar-refractivity contribution is 0.304. The van der Waals surface area contributed by atoms with Gasteiger partial charge >= 0.3 is 0 Å². The zero-order chi connectivity index (χ0) is 13.1. The summed E-state index contributed by atoms with van der Waals surface area (Å²) in [4.78, 5) is 2.29. The van der Waals surface area contributed by atoms with Gasteiger partial charge in [0.15, 0.2) is 0 Å². The van der Waals surface area contributed by atoms with Gasteiger partial charge in [-0.1, -0.05) is 11.6 Å². The van der Waals surface area contributed by atoms with Crippen molar-refractivity contribution < 1.29 is 9.13 Å². The summed E-state index contributed by atoms with van der Waals surface area (Å²) in [5.41, 5.74) is 6.66. The van der Waals surface area contributed by atoms with Crippen LogP contribution in [0, 0.1) is 12.7 Å². The predicted octanol–water partition coefficient (Wildman–Crippen LogP) is 3.89. The molecule has 1 heterocycles. The maximum absolute atomic E-state index is 13.2. The predicted molar refractivity (Wildman–Crippen MR) is 72.7 cm³/mol. The fourth-order valence-electron chi connectivity index (χ4n) is 1.56. The molecule has 0 saturated carbocycles. The van der Waals surface area contributed by atoms with Crippen molar-refractivity contribution in [1.82, 2.24) is 0 Å². The number of aryl methyl sites for hydroxylation is 1. The summed E-state index contributed by atoms with van der Waals surface area (Å²) in [6.07, 6.45) is 0. The molecule has 0 saturated heterocycles. The average molecular weight is 286 g/mol. The number of nitrogens with two attached hydrogens (primary N) is 1. The summed E-state index contributed by atoms with van der Waals surface area (Å²) in [5, 5.41) is 0.0967. The zero-order valence-electron chi connectivity index (χ0n) is 9.87. The van der Waals surface area contributed by atoms with E-state index < -0.39 is 5.82 Å². The number of thiophene rings is 1. The van der Waals surface area contributed by atoms with Gasteiger partial charge in [0, 0.05) is 27.9 Å². The molecule has 0 atom stereocenters. The van der Waals surface area contributed by atoms with Crippen LogP contribution in [0.5, 0.6) is 5.75 Å². The van der Waals surface area contributed by atoms with E-state index in [4.69, 9.17) is 22.1 Å². The lowest BCUT2D eigenvalue weighted by Crippen LogP contribution is -1.96.